The van der Waals surface area contributed by atoms with Crippen LogP contribution in [0.1, 0.15) is 32.4 Å². The van der Waals surface area contributed by atoms with Crippen LogP contribution in [0.25, 0.3) is 0 Å². The van der Waals surface area contributed by atoms with Crippen LogP contribution < -0.4 is 15.0 Å². The van der Waals surface area contributed by atoms with Gasteiger partial charge in [0.1, 0.15) is 6.54 Å². The van der Waals surface area contributed by atoms with E-state index in [4.69, 9.17) is 4.74 Å². The Morgan fingerprint density at radius 1 is 1.21 bits per heavy atom. The molecule has 1 heterocycles. The predicted octanol–water partition coefficient (Wildman–Crippen LogP) is 3.22. The Morgan fingerprint density at radius 2 is 1.90 bits per heavy atom. The van der Waals surface area contributed by atoms with Gasteiger partial charge in [-0.2, -0.15) is 0 Å². The van der Waals surface area contributed by atoms with Crippen LogP contribution >= 0.6 is 0 Å². The average Bonchev–Trinajstić information content (AvgIpc) is 2.69. The van der Waals surface area contributed by atoms with Crippen LogP contribution in [0.4, 0.5) is 11.4 Å². The number of non-ortho nitro benzene ring substituents is 1. The molecule has 2 atom stereocenters. The highest BCUT2D eigenvalue weighted by molar-refractivity contribution is 6.04. The molecule has 1 aliphatic rings. The fourth-order valence-corrected chi connectivity index (χ4v) is 3.23. The quantitative estimate of drug-likeness (QED) is 0.596. The predicted molar refractivity (Wildman–Crippen MR) is 108 cm³/mol. The second kappa shape index (κ2) is 8.30. The van der Waals surface area contributed by atoms with Gasteiger partial charge in [0, 0.05) is 6.07 Å². The number of nitrogens with zero attached hydrogens (tertiary/aromatic N) is 2. The number of hydrogen-bond acceptors (Lipinski definition) is 5. The van der Waals surface area contributed by atoms with Gasteiger partial charge in [-0.15, -0.1) is 0 Å². The first-order valence-corrected chi connectivity index (χ1v) is 9.38. The number of nitrogens with one attached hydrogen (secondary N) is 1. The number of fused-ring (bicyclic) bond motifs is 1. The van der Waals surface area contributed by atoms with E-state index in [2.05, 4.69) is 5.32 Å². The van der Waals surface area contributed by atoms with E-state index in [1.807, 2.05) is 51.1 Å². The van der Waals surface area contributed by atoms with E-state index in [0.29, 0.717) is 5.69 Å². The van der Waals surface area contributed by atoms with E-state index >= 15 is 0 Å². The minimum Gasteiger partial charge on any atom is -0.478 e. The molecule has 8 heteroatoms. The largest absolute Gasteiger partial charge is 0.478 e. The molecular weight excluding hydrogens is 374 g/mol. The number of amides is 2. The molecule has 0 saturated heterocycles. The van der Waals surface area contributed by atoms with Crippen LogP contribution in [0, 0.1) is 16.0 Å². The van der Waals surface area contributed by atoms with Gasteiger partial charge in [-0.3, -0.25) is 24.6 Å². The third-order valence-electron chi connectivity index (χ3n) is 4.79. The van der Waals surface area contributed by atoms with E-state index in [1.54, 1.807) is 0 Å². The van der Waals surface area contributed by atoms with Crippen molar-refractivity contribution in [3.63, 3.8) is 0 Å². The number of nitro benzene ring substituents is 1. The molecule has 0 aliphatic carbocycles. The van der Waals surface area contributed by atoms with Crippen LogP contribution in [0.15, 0.2) is 48.5 Å². The molecule has 8 nitrogen and oxygen atoms in total. The molecule has 1 aliphatic heterocycles. The Hall–Kier alpha value is -3.42. The molecular formula is C21H23N3O5. The zero-order valence-electron chi connectivity index (χ0n) is 16.5. The maximum atomic E-state index is 12.9. The minimum absolute atomic E-state index is 0.136. The number of carbonyl (C=O) groups excluding carboxylic acids is 2. The fourth-order valence-electron chi connectivity index (χ4n) is 3.23. The van der Waals surface area contributed by atoms with Gasteiger partial charge in [-0.05, 0) is 24.5 Å². The first-order chi connectivity index (χ1) is 13.8. The molecule has 2 unspecified atom stereocenters. The summed E-state index contributed by atoms with van der Waals surface area (Å²) in [5, 5.41) is 14.0. The van der Waals surface area contributed by atoms with E-state index < -0.39 is 11.0 Å². The molecule has 3 rings (SSSR count). The molecule has 29 heavy (non-hydrogen) atoms. The third kappa shape index (κ3) is 4.37. The molecule has 0 bridgehead atoms. The molecule has 1 N–H and O–H groups in total. The summed E-state index contributed by atoms with van der Waals surface area (Å²) in [5.41, 5.74) is 1.16. The van der Waals surface area contributed by atoms with Gasteiger partial charge < -0.3 is 10.1 Å². The summed E-state index contributed by atoms with van der Waals surface area (Å²) < 4.78 is 5.73. The van der Waals surface area contributed by atoms with Crippen LogP contribution in [0.5, 0.6) is 5.75 Å². The molecule has 152 valence electrons. The Balaban J connectivity index is 1.84. The SMILES string of the molecule is CC(NC(=O)CN1C(=O)C(C(C)C)Oc2cc([N+](=O)[O-])ccc21)c1ccccc1. The monoisotopic (exact) mass is 397 g/mol. The smallest absolute Gasteiger partial charge is 0.273 e. The van der Waals surface area contributed by atoms with E-state index in [9.17, 15) is 19.7 Å². The molecule has 0 saturated carbocycles. The molecule has 2 amide bonds. The Morgan fingerprint density at radius 3 is 2.52 bits per heavy atom. The highest BCUT2D eigenvalue weighted by Crippen LogP contribution is 2.38. The van der Waals surface area contributed by atoms with Crippen LogP contribution in [-0.4, -0.2) is 29.4 Å². The van der Waals surface area contributed by atoms with Crippen molar-refractivity contribution >= 4 is 23.2 Å². The number of anilines is 1. The highest BCUT2D eigenvalue weighted by Gasteiger charge is 2.38. The van der Waals surface area contributed by atoms with Crippen molar-refractivity contribution in [2.24, 2.45) is 5.92 Å². The number of benzene rings is 2. The van der Waals surface area contributed by atoms with Crippen molar-refractivity contribution in [3.05, 3.63) is 64.2 Å². The Kier molecular flexibility index (Phi) is 5.81. The number of carbonyl (C=O) groups is 2. The van der Waals surface area contributed by atoms with Crippen molar-refractivity contribution < 1.29 is 19.2 Å². The van der Waals surface area contributed by atoms with Gasteiger partial charge in [0.25, 0.3) is 11.6 Å². The first kappa shape index (κ1) is 20.3. The van der Waals surface area contributed by atoms with E-state index in [-0.39, 0.29) is 41.8 Å². The Labute approximate surface area is 168 Å². The maximum Gasteiger partial charge on any atom is 0.273 e. The molecule has 0 fully saturated rings. The second-order valence-corrected chi connectivity index (χ2v) is 7.32. The van der Waals surface area contributed by atoms with Crippen LogP contribution in [0.2, 0.25) is 0 Å². The van der Waals surface area contributed by atoms with E-state index in [1.165, 1.54) is 23.1 Å². The van der Waals surface area contributed by atoms with E-state index in [0.717, 1.165) is 5.56 Å². The lowest BCUT2D eigenvalue weighted by Crippen LogP contribution is -2.51. The van der Waals surface area contributed by atoms with Crippen molar-refractivity contribution in [1.29, 1.82) is 0 Å². The lowest BCUT2D eigenvalue weighted by molar-refractivity contribution is -0.384. The third-order valence-corrected chi connectivity index (χ3v) is 4.79. The minimum atomic E-state index is -0.816. The summed E-state index contributed by atoms with van der Waals surface area (Å²) >= 11 is 0. The number of rotatable bonds is 6. The molecule has 2 aromatic rings. The first-order valence-electron chi connectivity index (χ1n) is 9.38. The Bertz CT molecular complexity index is 929. The normalized spacial score (nSPS) is 16.8. The van der Waals surface area contributed by atoms with Gasteiger partial charge in [0.05, 0.1) is 22.7 Å². The lowest BCUT2D eigenvalue weighted by atomic mass is 10.0. The van der Waals surface area contributed by atoms with Gasteiger partial charge in [0.2, 0.25) is 5.91 Å². The molecule has 2 aromatic carbocycles. The summed E-state index contributed by atoms with van der Waals surface area (Å²) in [4.78, 5) is 37.5. The van der Waals surface area contributed by atoms with Crippen LogP contribution in [-0.2, 0) is 9.59 Å². The molecule has 0 radical (unpaired) electrons. The number of hydrogen-bond donors (Lipinski definition) is 1. The lowest BCUT2D eigenvalue weighted by Gasteiger charge is -2.35. The zero-order chi connectivity index (χ0) is 21.1. The fraction of sp³-hybridized carbons (Fsp3) is 0.333. The maximum absolute atomic E-state index is 12.9. The standard InChI is InChI=1S/C21H23N3O5/c1-13(2)20-21(26)23(17-10-9-16(24(27)28)11-18(17)29-20)12-19(25)22-14(3)15-7-5-4-6-8-15/h4-11,13-14,20H,12H2,1-3H3,(H,22,25). The topological polar surface area (TPSA) is 102 Å². The molecule has 0 spiro atoms. The summed E-state index contributed by atoms with van der Waals surface area (Å²) in [6, 6.07) is 13.3. The zero-order valence-corrected chi connectivity index (χ0v) is 16.5. The van der Waals surface area contributed by atoms with Crippen molar-refractivity contribution in [2.45, 2.75) is 32.9 Å². The van der Waals surface area contributed by atoms with Crippen molar-refractivity contribution in [3.8, 4) is 5.75 Å². The van der Waals surface area contributed by atoms with Gasteiger partial charge in [-0.1, -0.05) is 44.2 Å². The average molecular weight is 397 g/mol. The van der Waals surface area contributed by atoms with Gasteiger partial charge in [0.15, 0.2) is 11.9 Å². The van der Waals surface area contributed by atoms with Crippen molar-refractivity contribution in [2.75, 3.05) is 11.4 Å². The summed E-state index contributed by atoms with van der Waals surface area (Å²) in [7, 11) is 0. The van der Waals surface area contributed by atoms with Crippen molar-refractivity contribution in [1.82, 2.24) is 5.32 Å². The summed E-state index contributed by atoms with van der Waals surface area (Å²) in [6.07, 6.45) is -0.816. The van der Waals surface area contributed by atoms with Gasteiger partial charge >= 0.3 is 0 Å². The summed E-state index contributed by atoms with van der Waals surface area (Å²) in [6.45, 7) is 5.30. The van der Waals surface area contributed by atoms with Gasteiger partial charge in [-0.25, -0.2) is 0 Å². The highest BCUT2D eigenvalue weighted by atomic mass is 16.6. The molecule has 0 aromatic heterocycles. The number of nitro groups is 1. The van der Waals surface area contributed by atoms with Crippen LogP contribution in [0.3, 0.4) is 0 Å². The number of ether oxygens (including phenoxy) is 1. The summed E-state index contributed by atoms with van der Waals surface area (Å²) in [5.74, 6) is -0.614. The second-order valence-electron chi connectivity index (χ2n) is 7.32.